The van der Waals surface area contributed by atoms with Gasteiger partial charge in [0.1, 0.15) is 17.2 Å². The number of benzene rings is 3. The van der Waals surface area contributed by atoms with Crippen LogP contribution in [0.1, 0.15) is 23.5 Å². The van der Waals surface area contributed by atoms with Crippen molar-refractivity contribution in [2.75, 3.05) is 6.61 Å². The summed E-state index contributed by atoms with van der Waals surface area (Å²) in [5.41, 5.74) is 2.28. The molecule has 148 valence electrons. The van der Waals surface area contributed by atoms with Crippen LogP contribution in [-0.4, -0.2) is 24.0 Å². The second-order valence-corrected chi connectivity index (χ2v) is 7.09. The monoisotopic (exact) mass is 410 g/mol. The number of carbonyl (C=O) groups is 1. The molecule has 0 amide bonds. The molecule has 0 aliphatic carbocycles. The van der Waals surface area contributed by atoms with Crippen molar-refractivity contribution < 1.29 is 24.1 Å². The van der Waals surface area contributed by atoms with Gasteiger partial charge in [-0.2, -0.15) is 0 Å². The second-order valence-electron chi connectivity index (χ2n) is 6.66. The Balaban J connectivity index is 1.48. The lowest BCUT2D eigenvalue weighted by Crippen LogP contribution is -2.33. The molecule has 29 heavy (non-hydrogen) atoms. The van der Waals surface area contributed by atoms with Crippen LogP contribution in [0.15, 0.2) is 72.8 Å². The topological polar surface area (TPSA) is 65.0 Å². The predicted octanol–water partition coefficient (Wildman–Crippen LogP) is 5.12. The van der Waals surface area contributed by atoms with E-state index in [2.05, 4.69) is 6.07 Å². The fourth-order valence-electron chi connectivity index (χ4n) is 3.35. The third-order valence-corrected chi connectivity index (χ3v) is 4.99. The number of carboxylic acid groups (broad SMARTS) is 1. The molecular formula is C23H19ClO5. The van der Waals surface area contributed by atoms with Gasteiger partial charge in [0, 0.05) is 16.5 Å². The smallest absolute Gasteiger partial charge is 0.387 e. The average molecular weight is 411 g/mol. The molecule has 0 saturated heterocycles. The molecule has 5 nitrogen and oxygen atoms in total. The van der Waals surface area contributed by atoms with Gasteiger partial charge in [-0.25, -0.2) is 4.79 Å². The Bertz CT molecular complexity index is 985. The highest BCUT2D eigenvalue weighted by atomic mass is 35.5. The molecule has 4 rings (SSSR count). The molecule has 6 heteroatoms. The number of aliphatic carboxylic acids is 1. The van der Waals surface area contributed by atoms with Gasteiger partial charge >= 0.3 is 12.3 Å². The van der Waals surface area contributed by atoms with Crippen LogP contribution in [-0.2, 0) is 4.79 Å². The van der Waals surface area contributed by atoms with Crippen LogP contribution in [0.2, 0.25) is 5.02 Å². The fourth-order valence-corrected chi connectivity index (χ4v) is 3.48. The highest BCUT2D eigenvalue weighted by Crippen LogP contribution is 2.38. The van der Waals surface area contributed by atoms with E-state index in [-0.39, 0.29) is 5.92 Å². The van der Waals surface area contributed by atoms with Gasteiger partial charge in [0.25, 0.3) is 0 Å². The molecule has 3 aromatic rings. The standard InChI is InChI=1S/C23H19ClO5/c24-16-7-11-18(12-8-16)29-23(22(25)26)28-17-9-5-15(6-10-17)19-13-14-27-21-4-2-1-3-20(19)21/h1-12,19,23H,13-14H2,(H,25,26). The first-order valence-electron chi connectivity index (χ1n) is 9.23. The second kappa shape index (κ2) is 8.45. The van der Waals surface area contributed by atoms with Gasteiger partial charge in [0.05, 0.1) is 6.61 Å². The van der Waals surface area contributed by atoms with E-state index in [4.69, 9.17) is 25.8 Å². The Morgan fingerprint density at radius 1 is 0.966 bits per heavy atom. The van der Waals surface area contributed by atoms with Gasteiger partial charge in [0.2, 0.25) is 0 Å². The molecule has 2 atom stereocenters. The maximum Gasteiger partial charge on any atom is 0.387 e. The Kier molecular flexibility index (Phi) is 5.58. The van der Waals surface area contributed by atoms with Crippen molar-refractivity contribution in [2.24, 2.45) is 0 Å². The summed E-state index contributed by atoms with van der Waals surface area (Å²) in [4.78, 5) is 11.5. The number of ether oxygens (including phenoxy) is 3. The van der Waals surface area contributed by atoms with Crippen LogP contribution in [0.4, 0.5) is 0 Å². The quantitative estimate of drug-likeness (QED) is 0.571. The predicted molar refractivity (Wildman–Crippen MR) is 109 cm³/mol. The van der Waals surface area contributed by atoms with Crippen molar-refractivity contribution in [3.63, 3.8) is 0 Å². The third kappa shape index (κ3) is 4.46. The Hall–Kier alpha value is -3.18. The minimum absolute atomic E-state index is 0.231. The summed E-state index contributed by atoms with van der Waals surface area (Å²) >= 11 is 5.84. The lowest BCUT2D eigenvalue weighted by atomic mass is 9.87. The zero-order valence-electron chi connectivity index (χ0n) is 15.5. The van der Waals surface area contributed by atoms with Crippen molar-refractivity contribution in [3.8, 4) is 17.2 Å². The van der Waals surface area contributed by atoms with E-state index < -0.39 is 12.3 Å². The summed E-state index contributed by atoms with van der Waals surface area (Å²) in [6.07, 6.45) is -0.583. The van der Waals surface area contributed by atoms with Crippen LogP contribution in [0.5, 0.6) is 17.2 Å². The molecule has 0 spiro atoms. The first-order valence-corrected chi connectivity index (χ1v) is 9.61. The van der Waals surface area contributed by atoms with Crippen molar-refractivity contribution in [3.05, 3.63) is 88.9 Å². The Labute approximate surface area is 173 Å². The molecule has 2 unspecified atom stereocenters. The van der Waals surface area contributed by atoms with Crippen molar-refractivity contribution in [1.29, 1.82) is 0 Å². The van der Waals surface area contributed by atoms with Crippen molar-refractivity contribution >= 4 is 17.6 Å². The first kappa shape index (κ1) is 19.2. The molecule has 0 radical (unpaired) electrons. The number of fused-ring (bicyclic) bond motifs is 1. The summed E-state index contributed by atoms with van der Waals surface area (Å²) in [5, 5.41) is 9.97. The van der Waals surface area contributed by atoms with Crippen LogP contribution < -0.4 is 14.2 Å². The number of halogens is 1. The zero-order chi connectivity index (χ0) is 20.2. The van der Waals surface area contributed by atoms with Gasteiger partial charge in [-0.15, -0.1) is 0 Å². The molecule has 0 saturated carbocycles. The highest BCUT2D eigenvalue weighted by molar-refractivity contribution is 6.30. The van der Waals surface area contributed by atoms with E-state index in [1.165, 1.54) is 0 Å². The molecule has 0 aromatic heterocycles. The van der Waals surface area contributed by atoms with Crippen molar-refractivity contribution in [2.45, 2.75) is 18.6 Å². The van der Waals surface area contributed by atoms with Crippen molar-refractivity contribution in [1.82, 2.24) is 0 Å². The summed E-state index contributed by atoms with van der Waals surface area (Å²) < 4.78 is 16.7. The molecule has 1 N–H and O–H groups in total. The van der Waals surface area contributed by atoms with E-state index in [9.17, 15) is 9.90 Å². The SMILES string of the molecule is O=C(O)C(Oc1ccc(Cl)cc1)Oc1ccc(C2CCOc3ccccc32)cc1. The van der Waals surface area contributed by atoms with E-state index in [1.54, 1.807) is 36.4 Å². The van der Waals surface area contributed by atoms with E-state index >= 15 is 0 Å². The molecular weight excluding hydrogens is 392 g/mol. The Morgan fingerprint density at radius 2 is 1.59 bits per heavy atom. The zero-order valence-corrected chi connectivity index (χ0v) is 16.2. The summed E-state index contributed by atoms with van der Waals surface area (Å²) in [6.45, 7) is 0.663. The van der Waals surface area contributed by atoms with Crippen LogP contribution in [0, 0.1) is 0 Å². The maximum absolute atomic E-state index is 11.5. The number of carboxylic acids is 1. The van der Waals surface area contributed by atoms with Gasteiger partial charge in [-0.3, -0.25) is 0 Å². The van der Waals surface area contributed by atoms with Crippen LogP contribution >= 0.6 is 11.6 Å². The molecule has 0 fully saturated rings. The third-order valence-electron chi connectivity index (χ3n) is 4.74. The molecule has 3 aromatic carbocycles. The summed E-state index contributed by atoms with van der Waals surface area (Å²) in [7, 11) is 0. The fraction of sp³-hybridized carbons (Fsp3) is 0.174. The normalized spacial score (nSPS) is 16.2. The average Bonchev–Trinajstić information content (AvgIpc) is 2.75. The number of hydrogen-bond acceptors (Lipinski definition) is 4. The van der Waals surface area contributed by atoms with E-state index in [0.717, 1.165) is 23.3 Å². The Morgan fingerprint density at radius 3 is 2.24 bits per heavy atom. The summed E-state index contributed by atoms with van der Waals surface area (Å²) in [6, 6.07) is 21.9. The summed E-state index contributed by atoms with van der Waals surface area (Å²) in [5.74, 6) is 0.691. The number of hydrogen-bond donors (Lipinski definition) is 1. The van der Waals surface area contributed by atoms with Crippen LogP contribution in [0.25, 0.3) is 0 Å². The molecule has 1 heterocycles. The molecule has 1 aliphatic heterocycles. The minimum atomic E-state index is -1.47. The van der Waals surface area contributed by atoms with E-state index in [1.807, 2.05) is 30.3 Å². The molecule has 0 bridgehead atoms. The van der Waals surface area contributed by atoms with Crippen LogP contribution in [0.3, 0.4) is 0 Å². The molecule has 1 aliphatic rings. The largest absolute Gasteiger partial charge is 0.493 e. The number of para-hydroxylation sites is 1. The van der Waals surface area contributed by atoms with Gasteiger partial charge in [0.15, 0.2) is 0 Å². The highest BCUT2D eigenvalue weighted by Gasteiger charge is 2.24. The maximum atomic E-state index is 11.5. The lowest BCUT2D eigenvalue weighted by molar-refractivity contribution is -0.158. The first-order chi connectivity index (χ1) is 14.1. The lowest BCUT2D eigenvalue weighted by Gasteiger charge is -2.26. The van der Waals surface area contributed by atoms with Gasteiger partial charge in [-0.1, -0.05) is 41.9 Å². The minimum Gasteiger partial charge on any atom is -0.493 e. The van der Waals surface area contributed by atoms with Gasteiger partial charge < -0.3 is 19.3 Å². The number of rotatable bonds is 6. The van der Waals surface area contributed by atoms with E-state index in [0.29, 0.717) is 23.1 Å². The van der Waals surface area contributed by atoms with Gasteiger partial charge in [-0.05, 0) is 54.4 Å².